The van der Waals surface area contributed by atoms with Crippen LogP contribution in [-0.2, 0) is 6.54 Å². The van der Waals surface area contributed by atoms with E-state index < -0.39 is 0 Å². The number of amides is 1. The van der Waals surface area contributed by atoms with Crippen LogP contribution in [-0.4, -0.2) is 56.4 Å². The van der Waals surface area contributed by atoms with E-state index in [1.54, 1.807) is 17.5 Å². The Labute approximate surface area is 198 Å². The third-order valence-corrected chi connectivity index (χ3v) is 7.10. The predicted molar refractivity (Wildman–Crippen MR) is 132 cm³/mol. The fraction of sp³-hybridized carbons (Fsp3) is 0.269. The zero-order valence-electron chi connectivity index (χ0n) is 18.9. The molecular formula is C26H27N5OS. The molecule has 168 valence electrons. The molecule has 0 saturated carbocycles. The van der Waals surface area contributed by atoms with Crippen LogP contribution in [0.1, 0.15) is 27.4 Å². The number of piperazine rings is 1. The van der Waals surface area contributed by atoms with Crippen molar-refractivity contribution in [3.05, 3.63) is 88.8 Å². The molecule has 1 saturated heterocycles. The van der Waals surface area contributed by atoms with Crippen molar-refractivity contribution < 1.29 is 4.79 Å². The van der Waals surface area contributed by atoms with Crippen LogP contribution in [0.3, 0.4) is 0 Å². The maximum atomic E-state index is 13.3. The highest BCUT2D eigenvalue weighted by molar-refractivity contribution is 7.13. The van der Waals surface area contributed by atoms with Crippen molar-refractivity contribution in [3.63, 3.8) is 0 Å². The van der Waals surface area contributed by atoms with E-state index in [-0.39, 0.29) is 5.91 Å². The Bertz CT molecular complexity index is 1240. The molecule has 0 N–H and O–H groups in total. The molecule has 0 spiro atoms. The van der Waals surface area contributed by atoms with E-state index in [0.717, 1.165) is 71.8 Å². The molecule has 1 aliphatic heterocycles. The summed E-state index contributed by atoms with van der Waals surface area (Å²) in [4.78, 5) is 26.9. The van der Waals surface area contributed by atoms with E-state index >= 15 is 0 Å². The largest absolute Gasteiger partial charge is 0.336 e. The monoisotopic (exact) mass is 457 g/mol. The van der Waals surface area contributed by atoms with Gasteiger partial charge in [0.05, 0.1) is 11.3 Å². The number of hydrogen-bond donors (Lipinski definition) is 0. The van der Waals surface area contributed by atoms with Crippen LogP contribution in [0.2, 0.25) is 0 Å². The van der Waals surface area contributed by atoms with Crippen LogP contribution in [0.15, 0.2) is 66.2 Å². The number of carbonyl (C=O) groups excluding carboxylic acids is 1. The lowest BCUT2D eigenvalue weighted by Gasteiger charge is -2.34. The second-order valence-corrected chi connectivity index (χ2v) is 9.24. The Balaban J connectivity index is 1.22. The van der Waals surface area contributed by atoms with Gasteiger partial charge in [0.1, 0.15) is 10.8 Å². The number of benzene rings is 1. The van der Waals surface area contributed by atoms with Gasteiger partial charge in [0.25, 0.3) is 5.91 Å². The summed E-state index contributed by atoms with van der Waals surface area (Å²) in [5, 5.41) is 3.20. The molecule has 0 bridgehead atoms. The Morgan fingerprint density at radius 2 is 1.76 bits per heavy atom. The number of rotatable bonds is 5. The summed E-state index contributed by atoms with van der Waals surface area (Å²) in [7, 11) is 0. The summed E-state index contributed by atoms with van der Waals surface area (Å²) in [5.41, 5.74) is 4.98. The number of thiazole rings is 1. The molecule has 7 heteroatoms. The summed E-state index contributed by atoms with van der Waals surface area (Å²) >= 11 is 1.69. The van der Waals surface area contributed by atoms with Crippen LogP contribution < -0.4 is 0 Å². The summed E-state index contributed by atoms with van der Waals surface area (Å²) in [5.74, 6) is 0.944. The van der Waals surface area contributed by atoms with Gasteiger partial charge in [0.2, 0.25) is 0 Å². The summed E-state index contributed by atoms with van der Waals surface area (Å²) < 4.78 is 2.05. The maximum Gasteiger partial charge on any atom is 0.255 e. The number of nitrogens with zero attached hydrogens (tertiary/aromatic N) is 5. The van der Waals surface area contributed by atoms with E-state index in [9.17, 15) is 4.79 Å². The number of aromatic nitrogens is 3. The average molecular weight is 458 g/mol. The zero-order chi connectivity index (χ0) is 22.8. The smallest absolute Gasteiger partial charge is 0.255 e. The molecule has 0 unspecified atom stereocenters. The van der Waals surface area contributed by atoms with Gasteiger partial charge in [-0.3, -0.25) is 9.69 Å². The van der Waals surface area contributed by atoms with Crippen molar-refractivity contribution in [2.24, 2.45) is 0 Å². The first kappa shape index (κ1) is 21.6. The number of pyridine rings is 1. The molecule has 33 heavy (non-hydrogen) atoms. The molecule has 4 aromatic rings. The first-order valence-corrected chi connectivity index (χ1v) is 12.1. The maximum absolute atomic E-state index is 13.3. The van der Waals surface area contributed by atoms with E-state index in [4.69, 9.17) is 4.98 Å². The third-order valence-electron chi connectivity index (χ3n) is 6.16. The van der Waals surface area contributed by atoms with Crippen molar-refractivity contribution in [3.8, 4) is 16.4 Å². The number of aryl methyl sites for hydroxylation is 1. The van der Waals surface area contributed by atoms with E-state index in [2.05, 4.69) is 32.0 Å². The van der Waals surface area contributed by atoms with Crippen LogP contribution in [0, 0.1) is 13.8 Å². The highest BCUT2D eigenvalue weighted by Gasteiger charge is 2.26. The molecule has 1 aliphatic rings. The fourth-order valence-electron chi connectivity index (χ4n) is 4.42. The van der Waals surface area contributed by atoms with Gasteiger partial charge in [-0.05, 0) is 32.0 Å². The quantitative estimate of drug-likeness (QED) is 0.441. The van der Waals surface area contributed by atoms with E-state index in [0.29, 0.717) is 0 Å². The minimum absolute atomic E-state index is 0.102. The Hall–Kier alpha value is -3.29. The first-order chi connectivity index (χ1) is 16.1. The Morgan fingerprint density at radius 1 is 1.00 bits per heavy atom. The Morgan fingerprint density at radius 3 is 2.48 bits per heavy atom. The lowest BCUT2D eigenvalue weighted by Crippen LogP contribution is -2.48. The summed E-state index contributed by atoms with van der Waals surface area (Å²) in [6.07, 6.45) is 1.78. The highest BCUT2D eigenvalue weighted by Crippen LogP contribution is 2.25. The fourth-order valence-corrected chi connectivity index (χ4v) is 5.24. The second-order valence-electron chi connectivity index (χ2n) is 8.39. The van der Waals surface area contributed by atoms with E-state index in [1.165, 1.54) is 0 Å². The van der Waals surface area contributed by atoms with Gasteiger partial charge in [0, 0.05) is 61.3 Å². The topological polar surface area (TPSA) is 54.3 Å². The highest BCUT2D eigenvalue weighted by atomic mass is 32.1. The van der Waals surface area contributed by atoms with Crippen molar-refractivity contribution in [2.75, 3.05) is 26.2 Å². The van der Waals surface area contributed by atoms with Gasteiger partial charge < -0.3 is 9.47 Å². The van der Waals surface area contributed by atoms with Crippen molar-refractivity contribution >= 4 is 17.2 Å². The molecule has 1 fully saturated rings. The third kappa shape index (κ3) is 4.47. The molecule has 6 nitrogen and oxygen atoms in total. The van der Waals surface area contributed by atoms with Crippen LogP contribution in [0.5, 0.6) is 0 Å². The average Bonchev–Trinajstić information content (AvgIpc) is 3.44. The van der Waals surface area contributed by atoms with Gasteiger partial charge in [-0.2, -0.15) is 0 Å². The number of carbonyl (C=O) groups is 1. The van der Waals surface area contributed by atoms with Crippen LogP contribution in [0.4, 0.5) is 0 Å². The molecule has 0 atom stereocenters. The predicted octanol–water partition coefficient (Wildman–Crippen LogP) is 4.57. The molecule has 0 aliphatic carbocycles. The first-order valence-electron chi connectivity index (χ1n) is 11.2. The van der Waals surface area contributed by atoms with Crippen molar-refractivity contribution in [1.82, 2.24) is 24.3 Å². The second kappa shape index (κ2) is 9.29. The molecule has 5 rings (SSSR count). The van der Waals surface area contributed by atoms with Crippen LogP contribution in [0.25, 0.3) is 16.4 Å². The molecule has 1 amide bonds. The van der Waals surface area contributed by atoms with Gasteiger partial charge in [0.15, 0.2) is 0 Å². The molecule has 0 radical (unpaired) electrons. The summed E-state index contributed by atoms with van der Waals surface area (Å²) in [6.45, 7) is 7.99. The van der Waals surface area contributed by atoms with Gasteiger partial charge in [-0.25, -0.2) is 9.97 Å². The normalized spacial score (nSPS) is 14.5. The standard InChI is InChI=1S/C26H27N5OS/c1-19-16-23(20(2)31(19)24-10-6-7-11-27-24)26(32)30-14-12-29(13-15-30)17-22-18-33-25(28-22)21-8-4-3-5-9-21/h3-11,16,18H,12-15,17H2,1-2H3. The van der Waals surface area contributed by atoms with E-state index in [1.807, 2.05) is 61.2 Å². The van der Waals surface area contributed by atoms with Gasteiger partial charge >= 0.3 is 0 Å². The SMILES string of the molecule is Cc1cc(C(=O)N2CCN(Cc3csc(-c4ccccc4)n3)CC2)c(C)n1-c1ccccn1. The lowest BCUT2D eigenvalue weighted by molar-refractivity contribution is 0.0626. The summed E-state index contributed by atoms with van der Waals surface area (Å²) in [6, 6.07) is 18.1. The van der Waals surface area contributed by atoms with Crippen LogP contribution >= 0.6 is 11.3 Å². The van der Waals surface area contributed by atoms with Gasteiger partial charge in [-0.15, -0.1) is 11.3 Å². The van der Waals surface area contributed by atoms with Gasteiger partial charge in [-0.1, -0.05) is 36.4 Å². The minimum Gasteiger partial charge on any atom is -0.336 e. The van der Waals surface area contributed by atoms with Crippen molar-refractivity contribution in [2.45, 2.75) is 20.4 Å². The molecule has 3 aromatic heterocycles. The zero-order valence-corrected chi connectivity index (χ0v) is 19.8. The molecule has 4 heterocycles. The molecular weight excluding hydrogens is 430 g/mol. The Kier molecular flexibility index (Phi) is 6.07. The van der Waals surface area contributed by atoms with Crippen molar-refractivity contribution in [1.29, 1.82) is 0 Å². The number of hydrogen-bond acceptors (Lipinski definition) is 5. The minimum atomic E-state index is 0.102. The lowest BCUT2D eigenvalue weighted by atomic mass is 10.2. The molecule has 1 aromatic carbocycles.